The Labute approximate surface area is 145 Å². The summed E-state index contributed by atoms with van der Waals surface area (Å²) in [6.07, 6.45) is 2.47. The second-order valence-corrected chi connectivity index (χ2v) is 6.08. The van der Waals surface area contributed by atoms with Crippen LogP contribution in [0.5, 0.6) is 0 Å². The minimum absolute atomic E-state index is 0.472. The molecule has 124 valence electrons. The third-order valence-corrected chi connectivity index (χ3v) is 4.51. The van der Waals surface area contributed by atoms with Gasteiger partial charge in [0.05, 0.1) is 11.2 Å². The molecule has 0 fully saturated rings. The first-order valence-electron chi connectivity index (χ1n) is 8.23. The highest BCUT2D eigenvalue weighted by molar-refractivity contribution is 6.40. The molecule has 2 heterocycles. The standard InChI is InChI=1S/C20H17N3O2/c24-19(22-18-9-3-8-17-16(18)7-4-11-21-17)20(25)23-12-10-14-5-1-2-6-15(14)13-23/h1-9,11H,10,12-13H2,(H,22,24). The number of carbonyl (C=O) groups excluding carboxylic acids is 2. The number of rotatable bonds is 1. The van der Waals surface area contributed by atoms with Gasteiger partial charge in [-0.15, -0.1) is 0 Å². The number of benzene rings is 2. The molecule has 0 bridgehead atoms. The Bertz CT molecular complexity index is 963. The van der Waals surface area contributed by atoms with Crippen LogP contribution in [0.1, 0.15) is 11.1 Å². The Morgan fingerprint density at radius 1 is 0.960 bits per heavy atom. The van der Waals surface area contributed by atoms with Crippen LogP contribution >= 0.6 is 0 Å². The highest BCUT2D eigenvalue weighted by Gasteiger charge is 2.26. The molecular weight excluding hydrogens is 314 g/mol. The minimum Gasteiger partial charge on any atom is -0.330 e. The second kappa shape index (κ2) is 6.36. The molecule has 2 aromatic carbocycles. The first kappa shape index (κ1) is 15.3. The molecule has 4 rings (SSSR count). The van der Waals surface area contributed by atoms with Crippen molar-refractivity contribution in [3.63, 3.8) is 0 Å². The van der Waals surface area contributed by atoms with E-state index >= 15 is 0 Å². The van der Waals surface area contributed by atoms with Crippen molar-refractivity contribution in [2.75, 3.05) is 11.9 Å². The molecule has 3 aromatic rings. The van der Waals surface area contributed by atoms with Crippen LogP contribution in [0.15, 0.2) is 60.8 Å². The SMILES string of the molecule is O=C(Nc1cccc2ncccc12)C(=O)N1CCc2ccccc2C1. The molecule has 1 N–H and O–H groups in total. The average Bonchev–Trinajstić information content (AvgIpc) is 2.67. The average molecular weight is 331 g/mol. The number of carbonyl (C=O) groups is 2. The van der Waals surface area contributed by atoms with Gasteiger partial charge >= 0.3 is 11.8 Å². The number of hydrogen-bond donors (Lipinski definition) is 1. The van der Waals surface area contributed by atoms with Gasteiger partial charge in [-0.3, -0.25) is 14.6 Å². The summed E-state index contributed by atoms with van der Waals surface area (Å²) in [5.74, 6) is -1.12. The predicted octanol–water partition coefficient (Wildman–Crippen LogP) is 2.76. The van der Waals surface area contributed by atoms with Crippen LogP contribution in [0.3, 0.4) is 0 Å². The normalized spacial score (nSPS) is 13.4. The first-order chi connectivity index (χ1) is 12.2. The van der Waals surface area contributed by atoms with Crippen LogP contribution in [-0.4, -0.2) is 28.2 Å². The van der Waals surface area contributed by atoms with E-state index in [1.54, 1.807) is 23.2 Å². The summed E-state index contributed by atoms with van der Waals surface area (Å²) in [5.41, 5.74) is 3.72. The summed E-state index contributed by atoms with van der Waals surface area (Å²) in [6, 6.07) is 17.2. The minimum atomic E-state index is -0.615. The summed E-state index contributed by atoms with van der Waals surface area (Å²) in [4.78, 5) is 30.9. The van der Waals surface area contributed by atoms with Crippen LogP contribution in [0, 0.1) is 0 Å². The number of pyridine rings is 1. The highest BCUT2D eigenvalue weighted by atomic mass is 16.2. The van der Waals surface area contributed by atoms with Crippen molar-refractivity contribution in [2.45, 2.75) is 13.0 Å². The third-order valence-electron chi connectivity index (χ3n) is 4.51. The number of nitrogens with zero attached hydrogens (tertiary/aromatic N) is 2. The zero-order valence-corrected chi connectivity index (χ0v) is 13.6. The van der Waals surface area contributed by atoms with Gasteiger partial charge in [-0.25, -0.2) is 0 Å². The molecule has 0 atom stereocenters. The lowest BCUT2D eigenvalue weighted by Crippen LogP contribution is -2.42. The third kappa shape index (κ3) is 2.96. The van der Waals surface area contributed by atoms with E-state index in [0.29, 0.717) is 18.8 Å². The van der Waals surface area contributed by atoms with Crippen molar-refractivity contribution in [1.29, 1.82) is 0 Å². The highest BCUT2D eigenvalue weighted by Crippen LogP contribution is 2.22. The summed E-state index contributed by atoms with van der Waals surface area (Å²) >= 11 is 0. The molecule has 0 saturated heterocycles. The molecule has 0 aliphatic carbocycles. The quantitative estimate of drug-likeness (QED) is 0.698. The van der Waals surface area contributed by atoms with Gasteiger partial charge in [0, 0.05) is 24.7 Å². The Morgan fingerprint density at radius 2 is 1.80 bits per heavy atom. The second-order valence-electron chi connectivity index (χ2n) is 6.08. The Balaban J connectivity index is 1.52. The first-order valence-corrected chi connectivity index (χ1v) is 8.23. The van der Waals surface area contributed by atoms with E-state index in [1.807, 2.05) is 36.4 Å². The van der Waals surface area contributed by atoms with E-state index in [1.165, 1.54) is 5.56 Å². The van der Waals surface area contributed by atoms with Crippen LogP contribution < -0.4 is 5.32 Å². The van der Waals surface area contributed by atoms with Crippen LogP contribution in [0.4, 0.5) is 5.69 Å². The maximum Gasteiger partial charge on any atom is 0.313 e. The summed E-state index contributed by atoms with van der Waals surface area (Å²) < 4.78 is 0. The molecule has 0 radical (unpaired) electrons. The fourth-order valence-corrected chi connectivity index (χ4v) is 3.20. The van der Waals surface area contributed by atoms with E-state index in [2.05, 4.69) is 16.4 Å². The summed E-state index contributed by atoms with van der Waals surface area (Å²) in [5, 5.41) is 3.55. The molecule has 0 saturated carbocycles. The summed E-state index contributed by atoms with van der Waals surface area (Å²) in [6.45, 7) is 1.03. The largest absolute Gasteiger partial charge is 0.330 e. The Hall–Kier alpha value is -3.21. The van der Waals surface area contributed by atoms with Crippen molar-refractivity contribution in [2.24, 2.45) is 0 Å². The van der Waals surface area contributed by atoms with Gasteiger partial charge in [-0.05, 0) is 41.8 Å². The fraction of sp³-hybridized carbons (Fsp3) is 0.150. The van der Waals surface area contributed by atoms with Crippen molar-refractivity contribution < 1.29 is 9.59 Å². The lowest BCUT2D eigenvalue weighted by molar-refractivity contribution is -0.143. The van der Waals surface area contributed by atoms with E-state index < -0.39 is 11.8 Å². The maximum atomic E-state index is 12.5. The molecular formula is C20H17N3O2. The molecule has 0 spiro atoms. The molecule has 1 aliphatic rings. The van der Waals surface area contributed by atoms with Gasteiger partial charge in [0.15, 0.2) is 0 Å². The van der Waals surface area contributed by atoms with Crippen LogP contribution in [0.2, 0.25) is 0 Å². The van der Waals surface area contributed by atoms with Crippen molar-refractivity contribution >= 4 is 28.4 Å². The van der Waals surface area contributed by atoms with Crippen LogP contribution in [-0.2, 0) is 22.6 Å². The summed E-state index contributed by atoms with van der Waals surface area (Å²) in [7, 11) is 0. The van der Waals surface area contributed by atoms with Gasteiger partial charge in [0.25, 0.3) is 0 Å². The van der Waals surface area contributed by atoms with E-state index in [4.69, 9.17) is 0 Å². The molecule has 25 heavy (non-hydrogen) atoms. The van der Waals surface area contributed by atoms with E-state index in [0.717, 1.165) is 22.9 Å². The van der Waals surface area contributed by atoms with Gasteiger partial charge in [-0.2, -0.15) is 0 Å². The monoisotopic (exact) mass is 331 g/mol. The van der Waals surface area contributed by atoms with Gasteiger partial charge in [-0.1, -0.05) is 30.3 Å². The van der Waals surface area contributed by atoms with Gasteiger partial charge < -0.3 is 10.2 Å². The number of hydrogen-bond acceptors (Lipinski definition) is 3. The van der Waals surface area contributed by atoms with E-state index in [-0.39, 0.29) is 0 Å². The van der Waals surface area contributed by atoms with Gasteiger partial charge in [0.1, 0.15) is 0 Å². The number of amides is 2. The van der Waals surface area contributed by atoms with Crippen molar-refractivity contribution in [1.82, 2.24) is 9.88 Å². The molecule has 1 aromatic heterocycles. The Morgan fingerprint density at radius 3 is 2.68 bits per heavy atom. The van der Waals surface area contributed by atoms with Gasteiger partial charge in [0.2, 0.25) is 0 Å². The molecule has 2 amide bonds. The topological polar surface area (TPSA) is 62.3 Å². The molecule has 0 unspecified atom stereocenters. The maximum absolute atomic E-state index is 12.5. The van der Waals surface area contributed by atoms with Crippen LogP contribution in [0.25, 0.3) is 10.9 Å². The zero-order chi connectivity index (χ0) is 17.2. The number of fused-ring (bicyclic) bond motifs is 2. The number of anilines is 1. The van der Waals surface area contributed by atoms with E-state index in [9.17, 15) is 9.59 Å². The van der Waals surface area contributed by atoms with Crippen molar-refractivity contribution in [3.05, 3.63) is 71.9 Å². The predicted molar refractivity (Wildman–Crippen MR) is 95.9 cm³/mol. The molecule has 5 nitrogen and oxygen atoms in total. The smallest absolute Gasteiger partial charge is 0.313 e. The number of aromatic nitrogens is 1. The van der Waals surface area contributed by atoms with Crippen molar-refractivity contribution in [3.8, 4) is 0 Å². The Kier molecular flexibility index (Phi) is 3.90. The fourth-order valence-electron chi connectivity index (χ4n) is 3.20. The number of nitrogens with one attached hydrogen (secondary N) is 1. The lowest BCUT2D eigenvalue weighted by Gasteiger charge is -2.28. The molecule has 5 heteroatoms. The lowest BCUT2D eigenvalue weighted by atomic mass is 10.00. The zero-order valence-electron chi connectivity index (χ0n) is 13.6. The molecule has 1 aliphatic heterocycles.